The highest BCUT2D eigenvalue weighted by atomic mass is 16.6. The third-order valence-electron chi connectivity index (χ3n) is 4.46. The summed E-state index contributed by atoms with van der Waals surface area (Å²) in [5.41, 5.74) is 0. The molecule has 0 radical (unpaired) electrons. The van der Waals surface area contributed by atoms with Gasteiger partial charge in [-0.05, 0) is 24.7 Å². The molecule has 2 unspecified atom stereocenters. The summed E-state index contributed by atoms with van der Waals surface area (Å²) in [5, 5.41) is 0. The van der Waals surface area contributed by atoms with E-state index < -0.39 is 0 Å². The molecule has 1 aliphatic heterocycles. The van der Waals surface area contributed by atoms with E-state index in [2.05, 4.69) is 12.2 Å². The Morgan fingerprint density at radius 2 is 1.40 bits per heavy atom. The lowest BCUT2D eigenvalue weighted by Gasteiger charge is -2.44. The van der Waals surface area contributed by atoms with Crippen molar-refractivity contribution in [2.75, 3.05) is 0 Å². The number of ether oxygens (including phenoxy) is 1. The first kappa shape index (κ1) is 8.22. The molecule has 2 bridgehead atoms. The van der Waals surface area contributed by atoms with Crippen LogP contribution in [0, 0.1) is 23.7 Å². The number of carbonyl (C=O) groups is 2. The Morgan fingerprint density at radius 3 is 1.80 bits per heavy atom. The largest absolute Gasteiger partial charge is 0.353 e. The Kier molecular flexibility index (Phi) is 1.32. The van der Waals surface area contributed by atoms with Gasteiger partial charge in [0.1, 0.15) is 0 Å². The van der Waals surface area contributed by atoms with Crippen LogP contribution in [0.1, 0.15) is 12.8 Å². The number of hydrogen-bond acceptors (Lipinski definition) is 3. The molecule has 0 N–H and O–H groups in total. The topological polar surface area (TPSA) is 46.7 Å². The maximum atomic E-state index is 12.0. The molecule has 1 saturated heterocycles. The summed E-state index contributed by atoms with van der Waals surface area (Å²) in [4.78, 5) is 24.1. The number of carbonyl (C=O) groups excluding carboxylic acids is 2. The summed E-state index contributed by atoms with van der Waals surface area (Å²) in [7, 11) is 0. The van der Waals surface area contributed by atoms with E-state index in [1.807, 2.05) is 0 Å². The number of allylic oxidation sites excluding steroid dienone is 2. The number of hydrogen-bond donors (Lipinski definition) is 0. The summed E-state index contributed by atoms with van der Waals surface area (Å²) < 4.78 is 5.19. The average Bonchev–Trinajstić information content (AvgIpc) is 3.07. The predicted molar refractivity (Wildman–Crippen MR) is 51.0 cm³/mol. The number of fused-ring (bicyclic) bond motifs is 2. The van der Waals surface area contributed by atoms with Crippen LogP contribution in [-0.4, -0.2) is 23.8 Å². The van der Waals surface area contributed by atoms with Gasteiger partial charge in [-0.25, -0.2) is 0 Å². The summed E-state index contributed by atoms with van der Waals surface area (Å²) in [6.45, 7) is 0. The minimum absolute atomic E-state index is 0.0509. The minimum atomic E-state index is -0.369. The molecule has 0 spiro atoms. The van der Waals surface area contributed by atoms with Crippen molar-refractivity contribution >= 4 is 11.6 Å². The van der Waals surface area contributed by atoms with E-state index in [-0.39, 0.29) is 35.6 Å². The van der Waals surface area contributed by atoms with Crippen molar-refractivity contribution in [2.45, 2.75) is 25.0 Å². The van der Waals surface area contributed by atoms with E-state index in [9.17, 15) is 9.59 Å². The average molecular weight is 204 g/mol. The third kappa shape index (κ3) is 0.858. The first-order chi connectivity index (χ1) is 7.27. The molecule has 5 rings (SSSR count). The molecule has 2 saturated carbocycles. The van der Waals surface area contributed by atoms with Gasteiger partial charge in [-0.15, -0.1) is 0 Å². The van der Waals surface area contributed by atoms with Crippen molar-refractivity contribution in [3.8, 4) is 0 Å². The number of ketones is 2. The standard InChI is InChI=1S/C12H12O3/c13-9-7-5-1-2-6(4-3-5)8(7)10(14)12-11(9)15-12/h1-2,5-8,11-12H,3-4H2/t5-,6+,7?,8?,11+,12-. The number of Topliss-reactive ketones (excluding diaryl/α,β-unsaturated/α-hetero) is 2. The molecule has 6 atom stereocenters. The smallest absolute Gasteiger partial charge is 0.169 e. The zero-order valence-electron chi connectivity index (χ0n) is 8.26. The van der Waals surface area contributed by atoms with Crippen molar-refractivity contribution in [2.24, 2.45) is 23.7 Å². The van der Waals surface area contributed by atoms with Crippen LogP contribution in [0.4, 0.5) is 0 Å². The van der Waals surface area contributed by atoms with Crippen LogP contribution in [-0.2, 0) is 14.3 Å². The van der Waals surface area contributed by atoms with Crippen LogP contribution in [0.15, 0.2) is 12.2 Å². The van der Waals surface area contributed by atoms with E-state index in [1.54, 1.807) is 0 Å². The molecule has 3 nitrogen and oxygen atoms in total. The molecule has 3 fully saturated rings. The van der Waals surface area contributed by atoms with Gasteiger partial charge in [0.25, 0.3) is 0 Å². The van der Waals surface area contributed by atoms with Crippen LogP contribution in [0.25, 0.3) is 0 Å². The molecule has 0 aromatic carbocycles. The fourth-order valence-electron chi connectivity index (χ4n) is 3.69. The molecule has 1 heterocycles. The van der Waals surface area contributed by atoms with Crippen molar-refractivity contribution in [3.63, 3.8) is 0 Å². The number of rotatable bonds is 0. The normalized spacial score (nSPS) is 55.2. The molecular weight excluding hydrogens is 192 g/mol. The molecule has 0 amide bonds. The molecular formula is C12H12O3. The first-order valence-corrected chi connectivity index (χ1v) is 5.68. The van der Waals surface area contributed by atoms with E-state index in [0.29, 0.717) is 11.8 Å². The molecule has 78 valence electrons. The van der Waals surface area contributed by atoms with Gasteiger partial charge in [0, 0.05) is 11.8 Å². The lowest BCUT2D eigenvalue weighted by atomic mass is 9.57. The summed E-state index contributed by atoms with van der Waals surface area (Å²) >= 11 is 0. The van der Waals surface area contributed by atoms with Gasteiger partial charge >= 0.3 is 0 Å². The van der Waals surface area contributed by atoms with E-state index >= 15 is 0 Å². The highest BCUT2D eigenvalue weighted by molar-refractivity contribution is 6.06. The first-order valence-electron chi connectivity index (χ1n) is 5.68. The van der Waals surface area contributed by atoms with E-state index in [0.717, 1.165) is 12.8 Å². The van der Waals surface area contributed by atoms with Crippen molar-refractivity contribution < 1.29 is 14.3 Å². The van der Waals surface area contributed by atoms with Crippen LogP contribution in [0.2, 0.25) is 0 Å². The predicted octanol–water partition coefficient (Wildman–Crippen LogP) is 0.734. The minimum Gasteiger partial charge on any atom is -0.353 e. The number of epoxide rings is 1. The van der Waals surface area contributed by atoms with Gasteiger partial charge in [-0.1, -0.05) is 12.2 Å². The second-order valence-corrected chi connectivity index (χ2v) is 5.12. The summed E-state index contributed by atoms with van der Waals surface area (Å²) in [5.74, 6) is 0.908. The Hall–Kier alpha value is -0.960. The maximum Gasteiger partial charge on any atom is 0.169 e. The van der Waals surface area contributed by atoms with Crippen molar-refractivity contribution in [1.29, 1.82) is 0 Å². The van der Waals surface area contributed by atoms with Crippen LogP contribution in [0.5, 0.6) is 0 Å². The van der Waals surface area contributed by atoms with Gasteiger partial charge in [0.2, 0.25) is 0 Å². The monoisotopic (exact) mass is 204 g/mol. The van der Waals surface area contributed by atoms with Crippen LogP contribution in [0.3, 0.4) is 0 Å². The SMILES string of the molecule is O=C1C2C(C(=O)[C@@H]3O[C@H]13)[C@@H]1C=C[C@H]2CC1. The lowest BCUT2D eigenvalue weighted by Crippen LogP contribution is -2.51. The Bertz CT molecular complexity index is 362. The van der Waals surface area contributed by atoms with Crippen LogP contribution < -0.4 is 0 Å². The van der Waals surface area contributed by atoms with Gasteiger partial charge in [0.15, 0.2) is 23.8 Å². The van der Waals surface area contributed by atoms with Gasteiger partial charge in [-0.2, -0.15) is 0 Å². The summed E-state index contributed by atoms with van der Waals surface area (Å²) in [6.07, 6.45) is 5.68. The molecule has 15 heavy (non-hydrogen) atoms. The van der Waals surface area contributed by atoms with Gasteiger partial charge in [0.05, 0.1) is 0 Å². The second kappa shape index (κ2) is 2.40. The zero-order chi connectivity index (χ0) is 10.2. The summed E-state index contributed by atoms with van der Waals surface area (Å²) in [6, 6.07) is 0. The van der Waals surface area contributed by atoms with Crippen molar-refractivity contribution in [1.82, 2.24) is 0 Å². The van der Waals surface area contributed by atoms with Crippen LogP contribution >= 0.6 is 0 Å². The van der Waals surface area contributed by atoms with E-state index in [4.69, 9.17) is 4.74 Å². The highest BCUT2D eigenvalue weighted by Gasteiger charge is 2.64. The molecule has 4 aliphatic carbocycles. The lowest BCUT2D eigenvalue weighted by molar-refractivity contribution is -0.141. The third-order valence-corrected chi connectivity index (χ3v) is 4.46. The molecule has 0 aromatic rings. The van der Waals surface area contributed by atoms with E-state index in [1.165, 1.54) is 0 Å². The molecule has 0 aromatic heterocycles. The fourth-order valence-corrected chi connectivity index (χ4v) is 3.69. The zero-order valence-corrected chi connectivity index (χ0v) is 8.26. The van der Waals surface area contributed by atoms with Crippen molar-refractivity contribution in [3.05, 3.63) is 12.2 Å². The fraction of sp³-hybridized carbons (Fsp3) is 0.667. The Morgan fingerprint density at radius 1 is 0.933 bits per heavy atom. The Labute approximate surface area is 87.5 Å². The second-order valence-electron chi connectivity index (χ2n) is 5.12. The quantitative estimate of drug-likeness (QED) is 0.432. The van der Waals surface area contributed by atoms with Gasteiger partial charge in [-0.3, -0.25) is 9.59 Å². The highest BCUT2D eigenvalue weighted by Crippen LogP contribution is 2.52. The molecule has 3 heteroatoms. The Balaban J connectivity index is 1.83. The molecule has 5 aliphatic rings. The maximum absolute atomic E-state index is 12.0. The van der Waals surface area contributed by atoms with Gasteiger partial charge < -0.3 is 4.74 Å².